The number of hydrogen-bond acceptors (Lipinski definition) is 3. The van der Waals surface area contributed by atoms with Gasteiger partial charge in [-0.25, -0.2) is 4.79 Å². The molecule has 0 saturated heterocycles. The molecule has 0 atom stereocenters. The first-order valence-electron chi connectivity index (χ1n) is 8.17. The highest BCUT2D eigenvalue weighted by atomic mass is 16.5. The predicted octanol–water partition coefficient (Wildman–Crippen LogP) is 4.36. The fourth-order valence-electron chi connectivity index (χ4n) is 2.81. The molecule has 24 heavy (non-hydrogen) atoms. The highest BCUT2D eigenvalue weighted by Crippen LogP contribution is 2.24. The van der Waals surface area contributed by atoms with Gasteiger partial charge in [-0.2, -0.15) is 0 Å². The van der Waals surface area contributed by atoms with Crippen LogP contribution in [0.5, 0.6) is 11.5 Å². The molecule has 0 saturated carbocycles. The van der Waals surface area contributed by atoms with E-state index >= 15 is 0 Å². The highest BCUT2D eigenvalue weighted by Gasteiger charge is 2.15. The summed E-state index contributed by atoms with van der Waals surface area (Å²) < 4.78 is 10.3. The topological polar surface area (TPSA) is 55.8 Å². The number of carboxylic acid groups (broad SMARTS) is 1. The van der Waals surface area contributed by atoms with E-state index in [2.05, 4.69) is 12.1 Å². The summed E-state index contributed by atoms with van der Waals surface area (Å²) in [6, 6.07) is 13.5. The molecule has 0 fully saturated rings. The summed E-state index contributed by atoms with van der Waals surface area (Å²) in [4.78, 5) is 11.4. The number of carboxylic acids is 1. The minimum atomic E-state index is -0.930. The Bertz CT molecular complexity index is 662. The summed E-state index contributed by atoms with van der Waals surface area (Å²) in [7, 11) is 3.17. The Balaban J connectivity index is 1.83. The Morgan fingerprint density at radius 3 is 2.25 bits per heavy atom. The minimum absolute atomic E-state index is 0.287. The number of carbonyl (C=O) groups is 1. The van der Waals surface area contributed by atoms with Crippen LogP contribution in [0.25, 0.3) is 0 Å². The smallest absolute Gasteiger partial charge is 0.339 e. The molecule has 4 nitrogen and oxygen atoms in total. The van der Waals surface area contributed by atoms with Gasteiger partial charge < -0.3 is 14.6 Å². The van der Waals surface area contributed by atoms with Crippen LogP contribution in [0.15, 0.2) is 42.5 Å². The first-order chi connectivity index (χ1) is 11.7. The van der Waals surface area contributed by atoms with Gasteiger partial charge in [0.05, 0.1) is 14.2 Å². The van der Waals surface area contributed by atoms with E-state index in [4.69, 9.17) is 9.47 Å². The summed E-state index contributed by atoms with van der Waals surface area (Å²) in [5.41, 5.74) is 2.42. The number of rotatable bonds is 9. The molecule has 0 aliphatic rings. The third-order valence-electron chi connectivity index (χ3n) is 4.12. The molecule has 4 heteroatoms. The molecule has 0 spiro atoms. The van der Waals surface area contributed by atoms with Crippen LogP contribution in [0.3, 0.4) is 0 Å². The number of unbranched alkanes of at least 4 members (excludes halogenated alkanes) is 2. The Kier molecular flexibility index (Phi) is 6.67. The molecule has 2 rings (SSSR count). The van der Waals surface area contributed by atoms with E-state index in [1.807, 2.05) is 24.3 Å². The number of methoxy groups -OCH3 is 2. The number of benzene rings is 2. The number of ether oxygens (including phenoxy) is 2. The van der Waals surface area contributed by atoms with Crippen molar-refractivity contribution < 1.29 is 19.4 Å². The van der Waals surface area contributed by atoms with Gasteiger partial charge in [0.15, 0.2) is 0 Å². The standard InChI is InChI=1S/C20H24O4/c1-23-17-13-11-15(12-14-17)7-4-3-5-8-16-9-6-10-18(24-2)19(16)20(21)22/h6,9-14H,3-5,7-8H2,1-2H3,(H,21,22). The van der Waals surface area contributed by atoms with Crippen molar-refractivity contribution in [3.05, 3.63) is 59.2 Å². The van der Waals surface area contributed by atoms with Crippen LogP contribution in [0.4, 0.5) is 0 Å². The zero-order valence-corrected chi connectivity index (χ0v) is 14.2. The Morgan fingerprint density at radius 1 is 0.917 bits per heavy atom. The number of hydrogen-bond donors (Lipinski definition) is 1. The molecule has 2 aromatic rings. The van der Waals surface area contributed by atoms with Crippen LogP contribution >= 0.6 is 0 Å². The van der Waals surface area contributed by atoms with Crippen LogP contribution in [0.1, 0.15) is 40.7 Å². The average molecular weight is 328 g/mol. The van der Waals surface area contributed by atoms with Crippen LogP contribution in [0, 0.1) is 0 Å². The summed E-state index contributed by atoms with van der Waals surface area (Å²) in [6.07, 6.45) is 4.87. The second-order valence-electron chi connectivity index (χ2n) is 5.71. The van der Waals surface area contributed by atoms with E-state index in [0.29, 0.717) is 5.75 Å². The molecule has 0 bridgehead atoms. The summed E-state index contributed by atoms with van der Waals surface area (Å²) in [5, 5.41) is 9.38. The van der Waals surface area contributed by atoms with Gasteiger partial charge in [0.25, 0.3) is 0 Å². The van der Waals surface area contributed by atoms with Crippen molar-refractivity contribution in [3.63, 3.8) is 0 Å². The van der Waals surface area contributed by atoms with Gasteiger partial charge in [0, 0.05) is 0 Å². The van der Waals surface area contributed by atoms with Crippen LogP contribution < -0.4 is 9.47 Å². The molecular formula is C20H24O4. The van der Waals surface area contributed by atoms with Crippen molar-refractivity contribution in [2.75, 3.05) is 14.2 Å². The maximum atomic E-state index is 11.4. The molecule has 2 aromatic carbocycles. The molecule has 0 aromatic heterocycles. The average Bonchev–Trinajstić information content (AvgIpc) is 2.61. The minimum Gasteiger partial charge on any atom is -0.497 e. The van der Waals surface area contributed by atoms with E-state index in [0.717, 1.165) is 43.4 Å². The maximum absolute atomic E-state index is 11.4. The first kappa shape index (κ1) is 17.9. The fourth-order valence-corrected chi connectivity index (χ4v) is 2.81. The molecule has 0 amide bonds. The van der Waals surface area contributed by atoms with Gasteiger partial charge in [-0.3, -0.25) is 0 Å². The molecular weight excluding hydrogens is 304 g/mol. The van der Waals surface area contributed by atoms with Gasteiger partial charge in [-0.05, 0) is 55.0 Å². The van der Waals surface area contributed by atoms with E-state index in [-0.39, 0.29) is 5.56 Å². The summed E-state index contributed by atoms with van der Waals surface area (Å²) in [5.74, 6) is 0.372. The van der Waals surface area contributed by atoms with Gasteiger partial charge in [0.1, 0.15) is 17.1 Å². The van der Waals surface area contributed by atoms with Crippen molar-refractivity contribution in [2.45, 2.75) is 32.1 Å². The van der Waals surface area contributed by atoms with Crippen molar-refractivity contribution in [1.82, 2.24) is 0 Å². The molecule has 0 aliphatic heterocycles. The van der Waals surface area contributed by atoms with Gasteiger partial charge in [0.2, 0.25) is 0 Å². The lowest BCUT2D eigenvalue weighted by Gasteiger charge is -2.10. The third-order valence-corrected chi connectivity index (χ3v) is 4.12. The fraction of sp³-hybridized carbons (Fsp3) is 0.350. The largest absolute Gasteiger partial charge is 0.497 e. The lowest BCUT2D eigenvalue weighted by Crippen LogP contribution is -2.05. The molecule has 0 aliphatic carbocycles. The Hall–Kier alpha value is -2.49. The third kappa shape index (κ3) is 4.75. The molecule has 1 N–H and O–H groups in total. The first-order valence-corrected chi connectivity index (χ1v) is 8.17. The second kappa shape index (κ2) is 8.96. The highest BCUT2D eigenvalue weighted by molar-refractivity contribution is 5.92. The van der Waals surface area contributed by atoms with Crippen molar-refractivity contribution >= 4 is 5.97 Å². The SMILES string of the molecule is COc1ccc(CCCCCc2cccc(OC)c2C(=O)O)cc1. The zero-order valence-electron chi connectivity index (χ0n) is 14.2. The van der Waals surface area contributed by atoms with E-state index in [1.165, 1.54) is 12.7 Å². The summed E-state index contributed by atoms with van der Waals surface area (Å²) >= 11 is 0. The lowest BCUT2D eigenvalue weighted by molar-refractivity contribution is 0.0692. The van der Waals surface area contributed by atoms with Gasteiger partial charge in [-0.1, -0.05) is 30.7 Å². The summed E-state index contributed by atoms with van der Waals surface area (Å²) in [6.45, 7) is 0. The molecule has 0 heterocycles. The van der Waals surface area contributed by atoms with Crippen molar-refractivity contribution in [1.29, 1.82) is 0 Å². The number of aryl methyl sites for hydroxylation is 2. The monoisotopic (exact) mass is 328 g/mol. The Morgan fingerprint density at radius 2 is 1.62 bits per heavy atom. The quantitative estimate of drug-likeness (QED) is 0.695. The second-order valence-corrected chi connectivity index (χ2v) is 5.71. The number of aromatic carboxylic acids is 1. The normalized spacial score (nSPS) is 10.4. The maximum Gasteiger partial charge on any atom is 0.339 e. The van der Waals surface area contributed by atoms with Crippen molar-refractivity contribution in [3.8, 4) is 11.5 Å². The van der Waals surface area contributed by atoms with E-state index in [1.54, 1.807) is 13.2 Å². The van der Waals surface area contributed by atoms with Crippen LogP contribution in [-0.2, 0) is 12.8 Å². The van der Waals surface area contributed by atoms with Crippen LogP contribution in [0.2, 0.25) is 0 Å². The van der Waals surface area contributed by atoms with Crippen molar-refractivity contribution in [2.24, 2.45) is 0 Å². The van der Waals surface area contributed by atoms with Gasteiger partial charge >= 0.3 is 5.97 Å². The Labute approximate surface area is 143 Å². The molecule has 0 unspecified atom stereocenters. The molecule has 0 radical (unpaired) electrons. The van der Waals surface area contributed by atoms with Crippen LogP contribution in [-0.4, -0.2) is 25.3 Å². The van der Waals surface area contributed by atoms with Gasteiger partial charge in [-0.15, -0.1) is 0 Å². The van der Waals surface area contributed by atoms with E-state index < -0.39 is 5.97 Å². The predicted molar refractivity (Wildman–Crippen MR) is 94.2 cm³/mol. The lowest BCUT2D eigenvalue weighted by atomic mass is 9.99. The van der Waals surface area contributed by atoms with E-state index in [9.17, 15) is 9.90 Å². The zero-order chi connectivity index (χ0) is 17.4. The molecule has 128 valence electrons.